The summed E-state index contributed by atoms with van der Waals surface area (Å²) in [4.78, 5) is 26.8. The van der Waals surface area contributed by atoms with Crippen molar-refractivity contribution in [3.8, 4) is 0 Å². The summed E-state index contributed by atoms with van der Waals surface area (Å²) in [5.74, 6) is 0.944. The molecule has 9 heteroatoms. The number of likely N-dealkylation sites (tertiary alicyclic amines) is 1. The van der Waals surface area contributed by atoms with E-state index in [1.54, 1.807) is 18.2 Å². The smallest absolute Gasteiger partial charge is 0.274 e. The van der Waals surface area contributed by atoms with Crippen molar-refractivity contribution < 1.29 is 18.8 Å². The van der Waals surface area contributed by atoms with Crippen LogP contribution in [0.2, 0.25) is 0 Å². The minimum Gasteiger partial charge on any atom is -0.376 e. The molecule has 1 amide bonds. The zero-order valence-corrected chi connectivity index (χ0v) is 15.1. The fourth-order valence-electron chi connectivity index (χ4n) is 2.81. The molecular weight excluding hydrogens is 338 g/mol. The molecule has 0 radical (unpaired) electrons. The van der Waals surface area contributed by atoms with Crippen LogP contribution in [-0.4, -0.2) is 63.8 Å². The van der Waals surface area contributed by atoms with Crippen molar-refractivity contribution in [2.24, 2.45) is 0 Å². The minimum atomic E-state index is -0.104. The molecule has 1 unspecified atom stereocenters. The Morgan fingerprint density at radius 1 is 1.38 bits per heavy atom. The van der Waals surface area contributed by atoms with Crippen molar-refractivity contribution in [2.45, 2.75) is 38.9 Å². The Hall–Kier alpha value is -2.39. The van der Waals surface area contributed by atoms with Gasteiger partial charge in [0.25, 0.3) is 11.8 Å². The fourth-order valence-corrected chi connectivity index (χ4v) is 2.81. The third-order valence-electron chi connectivity index (χ3n) is 4.12. The molecule has 9 nitrogen and oxygen atoms in total. The molecule has 3 heterocycles. The number of ether oxygens (including phenoxy) is 2. The Kier molecular flexibility index (Phi) is 6.24. The number of carbonyl (C=O) groups is 1. The first-order valence-corrected chi connectivity index (χ1v) is 8.65. The van der Waals surface area contributed by atoms with Crippen LogP contribution in [0.3, 0.4) is 0 Å². The van der Waals surface area contributed by atoms with Gasteiger partial charge in [-0.1, -0.05) is 5.16 Å². The van der Waals surface area contributed by atoms with E-state index in [-0.39, 0.29) is 12.0 Å². The minimum absolute atomic E-state index is 0.00328. The summed E-state index contributed by atoms with van der Waals surface area (Å²) in [6.07, 6.45) is 5.50. The number of piperidine rings is 1. The summed E-state index contributed by atoms with van der Waals surface area (Å²) in [5, 5.41) is 3.88. The molecule has 1 atom stereocenters. The molecule has 0 saturated carbocycles. The lowest BCUT2D eigenvalue weighted by atomic mass is 10.1. The van der Waals surface area contributed by atoms with Crippen molar-refractivity contribution >= 4 is 5.91 Å². The molecule has 1 saturated heterocycles. The molecule has 3 rings (SSSR count). The highest BCUT2D eigenvalue weighted by Crippen LogP contribution is 2.15. The number of aromatic nitrogens is 4. The third kappa shape index (κ3) is 4.83. The maximum Gasteiger partial charge on any atom is 0.274 e. The third-order valence-corrected chi connectivity index (χ3v) is 4.12. The average Bonchev–Trinajstić information content (AvgIpc) is 3.10. The molecular formula is C17H23N5O4. The highest BCUT2D eigenvalue weighted by Gasteiger charge is 2.26. The number of methoxy groups -OCH3 is 1. The number of aryl methyl sites for hydroxylation is 1. The number of rotatable bonds is 7. The number of hydrogen-bond donors (Lipinski definition) is 0. The van der Waals surface area contributed by atoms with Gasteiger partial charge in [-0.2, -0.15) is 4.98 Å². The van der Waals surface area contributed by atoms with Crippen molar-refractivity contribution in [2.75, 3.05) is 26.8 Å². The highest BCUT2D eigenvalue weighted by atomic mass is 16.5. The molecule has 0 spiro atoms. The molecule has 1 fully saturated rings. The summed E-state index contributed by atoms with van der Waals surface area (Å²) in [6, 6.07) is 0. The first kappa shape index (κ1) is 18.4. The van der Waals surface area contributed by atoms with E-state index in [9.17, 15) is 4.79 Å². The van der Waals surface area contributed by atoms with Crippen molar-refractivity contribution in [3.63, 3.8) is 0 Å². The quantitative estimate of drug-likeness (QED) is 0.724. The average molecular weight is 361 g/mol. The van der Waals surface area contributed by atoms with E-state index < -0.39 is 0 Å². The Labute approximate surface area is 151 Å². The second-order valence-corrected chi connectivity index (χ2v) is 6.22. The monoisotopic (exact) mass is 361 g/mol. The van der Waals surface area contributed by atoms with Gasteiger partial charge in [-0.3, -0.25) is 9.78 Å². The van der Waals surface area contributed by atoms with Crippen LogP contribution in [-0.2, 0) is 22.5 Å². The van der Waals surface area contributed by atoms with Gasteiger partial charge in [-0.05, 0) is 19.8 Å². The van der Waals surface area contributed by atoms with Crippen LogP contribution < -0.4 is 0 Å². The van der Waals surface area contributed by atoms with Gasteiger partial charge in [-0.25, -0.2) is 4.98 Å². The summed E-state index contributed by atoms with van der Waals surface area (Å²) in [6.45, 7) is 3.88. The standard InChI is InChI=1S/C17H23N5O4/c1-12-8-19-14(9-18-12)17(23)22-6-3-4-13(10-22)25-7-5-15-20-16(11-24-2)26-21-15/h8-9,13H,3-7,10-11H2,1-2H3. The molecule has 1 aliphatic rings. The van der Waals surface area contributed by atoms with Crippen LogP contribution in [0.4, 0.5) is 0 Å². The number of nitrogens with zero attached hydrogens (tertiary/aromatic N) is 5. The molecule has 140 valence electrons. The van der Waals surface area contributed by atoms with E-state index in [1.807, 2.05) is 6.92 Å². The van der Waals surface area contributed by atoms with Gasteiger partial charge in [0.15, 0.2) is 5.82 Å². The van der Waals surface area contributed by atoms with Crippen molar-refractivity contribution in [1.29, 1.82) is 0 Å². The van der Waals surface area contributed by atoms with Gasteiger partial charge in [-0.15, -0.1) is 0 Å². The van der Waals surface area contributed by atoms with E-state index in [0.717, 1.165) is 18.5 Å². The van der Waals surface area contributed by atoms with E-state index >= 15 is 0 Å². The fraction of sp³-hybridized carbons (Fsp3) is 0.588. The Bertz CT molecular complexity index is 718. The summed E-state index contributed by atoms with van der Waals surface area (Å²) in [5.41, 5.74) is 1.16. The van der Waals surface area contributed by atoms with Crippen molar-refractivity contribution in [1.82, 2.24) is 25.0 Å². The van der Waals surface area contributed by atoms with Gasteiger partial charge in [0.1, 0.15) is 12.3 Å². The summed E-state index contributed by atoms with van der Waals surface area (Å²) in [7, 11) is 1.57. The van der Waals surface area contributed by atoms with Gasteiger partial charge < -0.3 is 18.9 Å². The molecule has 0 bridgehead atoms. The van der Waals surface area contributed by atoms with Crippen LogP contribution >= 0.6 is 0 Å². The molecule has 26 heavy (non-hydrogen) atoms. The largest absolute Gasteiger partial charge is 0.376 e. The van der Waals surface area contributed by atoms with E-state index in [1.165, 1.54) is 6.20 Å². The Morgan fingerprint density at radius 3 is 3.04 bits per heavy atom. The van der Waals surface area contributed by atoms with Crippen LogP contribution in [0.15, 0.2) is 16.9 Å². The zero-order chi connectivity index (χ0) is 18.4. The van der Waals surface area contributed by atoms with Gasteiger partial charge in [0.05, 0.1) is 24.6 Å². The predicted octanol–water partition coefficient (Wildman–Crippen LogP) is 1.18. The first-order valence-electron chi connectivity index (χ1n) is 8.65. The second-order valence-electron chi connectivity index (χ2n) is 6.22. The van der Waals surface area contributed by atoms with Crippen LogP contribution in [0.25, 0.3) is 0 Å². The Balaban J connectivity index is 1.47. The Morgan fingerprint density at radius 2 is 2.27 bits per heavy atom. The summed E-state index contributed by atoms with van der Waals surface area (Å²) >= 11 is 0. The van der Waals surface area contributed by atoms with Gasteiger partial charge in [0, 0.05) is 32.8 Å². The highest BCUT2D eigenvalue weighted by molar-refractivity contribution is 5.92. The van der Waals surface area contributed by atoms with E-state index in [2.05, 4.69) is 20.1 Å². The zero-order valence-electron chi connectivity index (χ0n) is 15.1. The molecule has 0 aliphatic carbocycles. The lowest BCUT2D eigenvalue weighted by Gasteiger charge is -2.32. The first-order chi connectivity index (χ1) is 12.7. The molecule has 0 N–H and O–H groups in total. The maximum atomic E-state index is 12.5. The number of carbonyl (C=O) groups excluding carboxylic acids is 1. The van der Waals surface area contributed by atoms with Gasteiger partial charge >= 0.3 is 0 Å². The summed E-state index contributed by atoms with van der Waals surface area (Å²) < 4.78 is 15.9. The molecule has 1 aliphatic heterocycles. The van der Waals surface area contributed by atoms with Crippen LogP contribution in [0.1, 0.15) is 40.7 Å². The normalized spacial score (nSPS) is 17.5. The maximum absolute atomic E-state index is 12.5. The number of hydrogen-bond acceptors (Lipinski definition) is 8. The topological polar surface area (TPSA) is 103 Å². The van der Waals surface area contributed by atoms with E-state index in [4.69, 9.17) is 14.0 Å². The SMILES string of the molecule is COCc1nc(CCOC2CCCN(C(=O)c3cnc(C)cn3)C2)no1. The van der Waals surface area contributed by atoms with E-state index in [0.29, 0.717) is 50.1 Å². The van der Waals surface area contributed by atoms with Gasteiger partial charge in [0.2, 0.25) is 0 Å². The molecule has 2 aromatic heterocycles. The van der Waals surface area contributed by atoms with Crippen LogP contribution in [0.5, 0.6) is 0 Å². The second kappa shape index (κ2) is 8.81. The number of amides is 1. The predicted molar refractivity (Wildman–Crippen MR) is 90.4 cm³/mol. The lowest BCUT2D eigenvalue weighted by Crippen LogP contribution is -2.43. The lowest BCUT2D eigenvalue weighted by molar-refractivity contribution is 0.00230. The molecule has 0 aromatic carbocycles. The van der Waals surface area contributed by atoms with Crippen molar-refractivity contribution in [3.05, 3.63) is 35.5 Å². The van der Waals surface area contributed by atoms with Crippen LogP contribution in [0, 0.1) is 6.92 Å². The molecule has 2 aromatic rings.